The fraction of sp³-hybridized carbons (Fsp3) is 0.650. The number of amides is 2. The zero-order valence-corrected chi connectivity index (χ0v) is 15.4. The molecule has 1 saturated carbocycles. The van der Waals surface area contributed by atoms with E-state index in [9.17, 15) is 9.18 Å². The van der Waals surface area contributed by atoms with Crippen LogP contribution in [0.1, 0.15) is 45.1 Å². The highest BCUT2D eigenvalue weighted by molar-refractivity contribution is 5.74. The van der Waals surface area contributed by atoms with Gasteiger partial charge in [0.25, 0.3) is 0 Å². The SMILES string of the molecule is CC(C)(CNC(=O)N1CCN(C2CCCC2)CC1)c1ccccc1F. The summed E-state index contributed by atoms with van der Waals surface area (Å²) in [5.74, 6) is -0.216. The summed E-state index contributed by atoms with van der Waals surface area (Å²) in [6.07, 6.45) is 5.30. The van der Waals surface area contributed by atoms with Gasteiger partial charge in [0.1, 0.15) is 5.82 Å². The van der Waals surface area contributed by atoms with Crippen LogP contribution in [0.2, 0.25) is 0 Å². The number of piperazine rings is 1. The summed E-state index contributed by atoms with van der Waals surface area (Å²) >= 11 is 0. The summed E-state index contributed by atoms with van der Waals surface area (Å²) < 4.78 is 14.0. The van der Waals surface area contributed by atoms with E-state index in [-0.39, 0.29) is 11.8 Å². The Morgan fingerprint density at radius 1 is 1.16 bits per heavy atom. The molecule has 1 saturated heterocycles. The van der Waals surface area contributed by atoms with E-state index in [0.29, 0.717) is 12.1 Å². The first-order chi connectivity index (χ1) is 12.0. The van der Waals surface area contributed by atoms with Crippen molar-refractivity contribution in [3.8, 4) is 0 Å². The molecule has 4 nitrogen and oxygen atoms in total. The van der Waals surface area contributed by atoms with Gasteiger partial charge in [0.05, 0.1) is 0 Å². The van der Waals surface area contributed by atoms with Gasteiger partial charge in [-0.2, -0.15) is 0 Å². The maximum atomic E-state index is 14.0. The highest BCUT2D eigenvalue weighted by atomic mass is 19.1. The van der Waals surface area contributed by atoms with Gasteiger partial charge in [-0.15, -0.1) is 0 Å². The van der Waals surface area contributed by atoms with Gasteiger partial charge in [-0.05, 0) is 24.5 Å². The molecule has 0 radical (unpaired) electrons. The second-order valence-corrected chi connectivity index (χ2v) is 7.98. The van der Waals surface area contributed by atoms with E-state index in [1.165, 1.54) is 31.7 Å². The molecule has 1 aliphatic heterocycles. The summed E-state index contributed by atoms with van der Waals surface area (Å²) in [5.41, 5.74) is 0.202. The summed E-state index contributed by atoms with van der Waals surface area (Å²) in [4.78, 5) is 16.9. The van der Waals surface area contributed by atoms with Crippen LogP contribution in [-0.2, 0) is 5.41 Å². The molecule has 1 aromatic rings. The monoisotopic (exact) mass is 347 g/mol. The molecule has 0 aromatic heterocycles. The van der Waals surface area contributed by atoms with Crippen molar-refractivity contribution in [3.63, 3.8) is 0 Å². The smallest absolute Gasteiger partial charge is 0.317 e. The van der Waals surface area contributed by atoms with Crippen LogP contribution < -0.4 is 5.32 Å². The number of urea groups is 1. The number of carbonyl (C=O) groups excluding carboxylic acids is 1. The Morgan fingerprint density at radius 3 is 2.44 bits per heavy atom. The minimum Gasteiger partial charge on any atom is -0.337 e. The molecule has 5 heteroatoms. The Balaban J connectivity index is 1.49. The van der Waals surface area contributed by atoms with Gasteiger partial charge in [0.2, 0.25) is 0 Å². The largest absolute Gasteiger partial charge is 0.337 e. The average molecular weight is 347 g/mol. The number of halogens is 1. The van der Waals surface area contributed by atoms with Crippen LogP contribution in [0, 0.1) is 5.82 Å². The molecule has 3 rings (SSSR count). The van der Waals surface area contributed by atoms with Crippen molar-refractivity contribution in [2.45, 2.75) is 51.0 Å². The van der Waals surface area contributed by atoms with Gasteiger partial charge < -0.3 is 10.2 Å². The first-order valence-electron chi connectivity index (χ1n) is 9.49. The molecule has 138 valence electrons. The summed E-state index contributed by atoms with van der Waals surface area (Å²) in [6, 6.07) is 7.49. The van der Waals surface area contributed by atoms with Gasteiger partial charge in [-0.3, -0.25) is 4.90 Å². The lowest BCUT2D eigenvalue weighted by Crippen LogP contribution is -2.54. The van der Waals surface area contributed by atoms with Crippen molar-refractivity contribution < 1.29 is 9.18 Å². The molecular formula is C20H30FN3O. The summed E-state index contributed by atoms with van der Waals surface area (Å²) in [6.45, 7) is 7.84. The molecule has 1 N–H and O–H groups in total. The molecule has 2 amide bonds. The normalized spacial score (nSPS) is 20.0. The Morgan fingerprint density at radius 2 is 1.80 bits per heavy atom. The van der Waals surface area contributed by atoms with Crippen molar-refractivity contribution in [3.05, 3.63) is 35.6 Å². The first-order valence-corrected chi connectivity index (χ1v) is 9.49. The minimum absolute atomic E-state index is 0.0320. The molecular weight excluding hydrogens is 317 g/mol. The van der Waals surface area contributed by atoms with Crippen molar-refractivity contribution in [1.82, 2.24) is 15.1 Å². The average Bonchev–Trinajstić information content (AvgIpc) is 3.15. The molecule has 25 heavy (non-hydrogen) atoms. The van der Waals surface area contributed by atoms with Crippen molar-refractivity contribution in [1.29, 1.82) is 0 Å². The molecule has 2 fully saturated rings. The van der Waals surface area contributed by atoms with Gasteiger partial charge in [-0.25, -0.2) is 9.18 Å². The number of benzene rings is 1. The Bertz CT molecular complexity index is 590. The van der Waals surface area contributed by atoms with Crippen LogP contribution >= 0.6 is 0 Å². The Hall–Kier alpha value is -1.62. The van der Waals surface area contributed by atoms with E-state index in [2.05, 4.69) is 10.2 Å². The highest BCUT2D eigenvalue weighted by Crippen LogP contribution is 2.26. The minimum atomic E-state index is -0.438. The lowest BCUT2D eigenvalue weighted by atomic mass is 9.84. The van der Waals surface area contributed by atoms with Gasteiger partial charge >= 0.3 is 6.03 Å². The predicted molar refractivity (Wildman–Crippen MR) is 98.2 cm³/mol. The van der Waals surface area contributed by atoms with Crippen LogP contribution in [0.4, 0.5) is 9.18 Å². The number of hydrogen-bond acceptors (Lipinski definition) is 2. The van der Waals surface area contributed by atoms with Crippen molar-refractivity contribution >= 4 is 6.03 Å². The molecule has 2 aliphatic rings. The first kappa shape index (κ1) is 18.2. The maximum absolute atomic E-state index is 14.0. The second kappa shape index (κ2) is 7.73. The summed E-state index contributed by atoms with van der Waals surface area (Å²) in [7, 11) is 0. The number of nitrogens with zero attached hydrogens (tertiary/aromatic N) is 2. The molecule has 0 atom stereocenters. The highest BCUT2D eigenvalue weighted by Gasteiger charge is 2.29. The van der Waals surface area contributed by atoms with Gasteiger partial charge in [0.15, 0.2) is 0 Å². The number of rotatable bonds is 4. The van der Waals surface area contributed by atoms with Crippen LogP contribution in [0.3, 0.4) is 0 Å². The van der Waals surface area contributed by atoms with Crippen LogP contribution in [-0.4, -0.2) is 54.6 Å². The third-order valence-electron chi connectivity index (χ3n) is 5.73. The zero-order valence-electron chi connectivity index (χ0n) is 15.4. The van der Waals surface area contributed by atoms with Crippen LogP contribution in [0.5, 0.6) is 0 Å². The van der Waals surface area contributed by atoms with E-state index in [4.69, 9.17) is 0 Å². The summed E-state index contributed by atoms with van der Waals surface area (Å²) in [5, 5.41) is 3.00. The second-order valence-electron chi connectivity index (χ2n) is 7.98. The number of hydrogen-bond donors (Lipinski definition) is 1. The standard InChI is InChI=1S/C20H30FN3O/c1-20(2,17-9-5-6-10-18(17)21)15-22-19(25)24-13-11-23(12-14-24)16-7-3-4-8-16/h5-6,9-10,16H,3-4,7-8,11-15H2,1-2H3,(H,22,25). The third kappa shape index (κ3) is 4.32. The zero-order chi connectivity index (χ0) is 17.9. The quantitative estimate of drug-likeness (QED) is 0.906. The predicted octanol–water partition coefficient (Wildman–Crippen LogP) is 3.37. The Kier molecular flexibility index (Phi) is 5.62. The third-order valence-corrected chi connectivity index (χ3v) is 5.73. The fourth-order valence-electron chi connectivity index (χ4n) is 4.07. The molecule has 0 unspecified atom stereocenters. The molecule has 0 bridgehead atoms. The lowest BCUT2D eigenvalue weighted by Gasteiger charge is -2.38. The Labute approximate surface area is 150 Å². The van der Waals surface area contributed by atoms with Crippen molar-refractivity contribution in [2.24, 2.45) is 0 Å². The maximum Gasteiger partial charge on any atom is 0.317 e. The molecule has 1 heterocycles. The fourth-order valence-corrected chi connectivity index (χ4v) is 4.07. The van der Waals surface area contributed by atoms with E-state index in [0.717, 1.165) is 32.2 Å². The van der Waals surface area contributed by atoms with Gasteiger partial charge in [-0.1, -0.05) is 44.9 Å². The van der Waals surface area contributed by atoms with Gasteiger partial charge in [0, 0.05) is 44.2 Å². The number of nitrogens with one attached hydrogen (secondary N) is 1. The van der Waals surface area contributed by atoms with Crippen LogP contribution in [0.25, 0.3) is 0 Å². The van der Waals surface area contributed by atoms with E-state index >= 15 is 0 Å². The molecule has 0 spiro atoms. The number of carbonyl (C=O) groups is 1. The van der Waals surface area contributed by atoms with Crippen LogP contribution in [0.15, 0.2) is 24.3 Å². The van der Waals surface area contributed by atoms with E-state index in [1.54, 1.807) is 12.1 Å². The van der Waals surface area contributed by atoms with E-state index < -0.39 is 5.41 Å². The molecule has 1 aliphatic carbocycles. The van der Waals surface area contributed by atoms with Crippen molar-refractivity contribution in [2.75, 3.05) is 32.7 Å². The molecule has 1 aromatic carbocycles. The van der Waals surface area contributed by atoms with E-state index in [1.807, 2.05) is 24.8 Å². The topological polar surface area (TPSA) is 35.6 Å². The lowest BCUT2D eigenvalue weighted by molar-refractivity contribution is 0.109.